The molecular weight excluding hydrogens is 306 g/mol. The Balaban J connectivity index is 1.86. The molecule has 0 bridgehead atoms. The molecule has 0 amide bonds. The maximum atomic E-state index is 3.64. The summed E-state index contributed by atoms with van der Waals surface area (Å²) in [6.07, 6.45) is 2.26. The second kappa shape index (κ2) is 7.07. The number of hydrogen-bond donors (Lipinski definition) is 1. The summed E-state index contributed by atoms with van der Waals surface area (Å²) in [5.74, 6) is 0. The molecule has 1 nitrogen and oxygen atoms in total. The van der Waals surface area contributed by atoms with Gasteiger partial charge in [0.2, 0.25) is 0 Å². The summed E-state index contributed by atoms with van der Waals surface area (Å²) in [6.45, 7) is 3.20. The van der Waals surface area contributed by atoms with Crippen LogP contribution in [0.25, 0.3) is 0 Å². The normalized spacial score (nSPS) is 12.6. The summed E-state index contributed by atoms with van der Waals surface area (Å²) >= 11 is 5.30. The van der Waals surface area contributed by atoms with E-state index in [2.05, 4.69) is 70.6 Å². The van der Waals surface area contributed by atoms with E-state index in [1.54, 1.807) is 11.3 Å². The SMILES string of the molecule is CCC(Cc1ccccc1)NCc1ccc(Br)s1. The Morgan fingerprint density at radius 3 is 2.56 bits per heavy atom. The Morgan fingerprint density at radius 2 is 1.94 bits per heavy atom. The molecule has 1 atom stereocenters. The van der Waals surface area contributed by atoms with Gasteiger partial charge in [0.15, 0.2) is 0 Å². The third kappa shape index (κ3) is 4.23. The molecule has 3 heteroatoms. The first kappa shape index (κ1) is 13.8. The summed E-state index contributed by atoms with van der Waals surface area (Å²) in [5, 5.41) is 3.64. The molecule has 0 radical (unpaired) electrons. The largest absolute Gasteiger partial charge is 0.309 e. The highest BCUT2D eigenvalue weighted by atomic mass is 79.9. The zero-order valence-corrected chi connectivity index (χ0v) is 12.9. The van der Waals surface area contributed by atoms with Crippen LogP contribution >= 0.6 is 27.3 Å². The first-order valence-electron chi connectivity index (χ1n) is 6.29. The quantitative estimate of drug-likeness (QED) is 0.817. The van der Waals surface area contributed by atoms with Crippen LogP contribution in [-0.4, -0.2) is 6.04 Å². The minimum atomic E-state index is 0.549. The van der Waals surface area contributed by atoms with Crippen LogP contribution in [-0.2, 0) is 13.0 Å². The Hall–Kier alpha value is -0.640. The van der Waals surface area contributed by atoms with Gasteiger partial charge in [-0.3, -0.25) is 0 Å². The summed E-state index contributed by atoms with van der Waals surface area (Å²) in [7, 11) is 0. The van der Waals surface area contributed by atoms with Crippen molar-refractivity contribution < 1.29 is 0 Å². The Bertz CT molecular complexity index is 466. The highest BCUT2D eigenvalue weighted by molar-refractivity contribution is 9.11. The smallest absolute Gasteiger partial charge is 0.0701 e. The van der Waals surface area contributed by atoms with Crippen molar-refractivity contribution in [2.24, 2.45) is 0 Å². The van der Waals surface area contributed by atoms with Gasteiger partial charge in [0.05, 0.1) is 3.79 Å². The van der Waals surface area contributed by atoms with Crippen LogP contribution in [0.4, 0.5) is 0 Å². The molecular formula is C15H18BrNS. The van der Waals surface area contributed by atoms with Gasteiger partial charge in [0, 0.05) is 17.5 Å². The minimum absolute atomic E-state index is 0.549. The zero-order chi connectivity index (χ0) is 12.8. The maximum Gasteiger partial charge on any atom is 0.0701 e. The zero-order valence-electron chi connectivity index (χ0n) is 10.5. The van der Waals surface area contributed by atoms with Gasteiger partial charge in [0.1, 0.15) is 0 Å². The molecule has 1 unspecified atom stereocenters. The van der Waals surface area contributed by atoms with E-state index in [0.29, 0.717) is 6.04 Å². The molecule has 0 spiro atoms. The van der Waals surface area contributed by atoms with Gasteiger partial charge in [-0.05, 0) is 46.5 Å². The fourth-order valence-corrected chi connectivity index (χ4v) is 3.39. The summed E-state index contributed by atoms with van der Waals surface area (Å²) in [5.41, 5.74) is 1.41. The van der Waals surface area contributed by atoms with Crippen LogP contribution in [0.5, 0.6) is 0 Å². The molecule has 0 fully saturated rings. The number of nitrogens with one attached hydrogen (secondary N) is 1. The van der Waals surface area contributed by atoms with E-state index in [1.807, 2.05) is 0 Å². The van der Waals surface area contributed by atoms with E-state index in [9.17, 15) is 0 Å². The Kier molecular flexibility index (Phi) is 5.42. The predicted molar refractivity (Wildman–Crippen MR) is 83.1 cm³/mol. The van der Waals surface area contributed by atoms with Crippen molar-refractivity contribution in [3.63, 3.8) is 0 Å². The number of benzene rings is 1. The van der Waals surface area contributed by atoms with Crippen LogP contribution in [0, 0.1) is 0 Å². The first-order chi connectivity index (χ1) is 8.78. The van der Waals surface area contributed by atoms with Crippen molar-refractivity contribution in [1.29, 1.82) is 0 Å². The van der Waals surface area contributed by atoms with Gasteiger partial charge in [-0.1, -0.05) is 37.3 Å². The molecule has 1 aromatic carbocycles. The molecule has 0 saturated heterocycles. The molecule has 1 heterocycles. The lowest BCUT2D eigenvalue weighted by Crippen LogP contribution is -2.29. The number of halogens is 1. The number of rotatable bonds is 6. The van der Waals surface area contributed by atoms with E-state index in [1.165, 1.54) is 14.2 Å². The van der Waals surface area contributed by atoms with Gasteiger partial charge in [0.25, 0.3) is 0 Å². The predicted octanol–water partition coefficient (Wildman–Crippen LogP) is 4.62. The minimum Gasteiger partial charge on any atom is -0.309 e. The van der Waals surface area contributed by atoms with Crippen molar-refractivity contribution in [3.8, 4) is 0 Å². The standard InChI is InChI=1S/C15H18BrNS/c1-2-13(10-12-6-4-3-5-7-12)17-11-14-8-9-15(16)18-14/h3-9,13,17H,2,10-11H2,1H3. The van der Waals surface area contributed by atoms with Gasteiger partial charge >= 0.3 is 0 Å². The highest BCUT2D eigenvalue weighted by Gasteiger charge is 2.07. The Labute approximate surface area is 121 Å². The number of hydrogen-bond acceptors (Lipinski definition) is 2. The van der Waals surface area contributed by atoms with Crippen molar-refractivity contribution >= 4 is 27.3 Å². The molecule has 2 aromatic rings. The molecule has 0 saturated carbocycles. The molecule has 0 aliphatic heterocycles. The summed E-state index contributed by atoms with van der Waals surface area (Å²) < 4.78 is 1.20. The third-order valence-corrected chi connectivity index (χ3v) is 4.64. The van der Waals surface area contributed by atoms with E-state index in [4.69, 9.17) is 0 Å². The van der Waals surface area contributed by atoms with Crippen molar-refractivity contribution in [3.05, 3.63) is 56.7 Å². The molecule has 2 rings (SSSR count). The first-order valence-corrected chi connectivity index (χ1v) is 7.90. The molecule has 0 aliphatic carbocycles. The van der Waals surface area contributed by atoms with E-state index in [0.717, 1.165) is 19.4 Å². The van der Waals surface area contributed by atoms with E-state index < -0.39 is 0 Å². The lowest BCUT2D eigenvalue weighted by molar-refractivity contribution is 0.497. The summed E-state index contributed by atoms with van der Waals surface area (Å²) in [4.78, 5) is 1.38. The van der Waals surface area contributed by atoms with Crippen LogP contribution in [0.1, 0.15) is 23.8 Å². The van der Waals surface area contributed by atoms with Crippen LogP contribution < -0.4 is 5.32 Å². The average molecular weight is 324 g/mol. The van der Waals surface area contributed by atoms with Crippen LogP contribution in [0.2, 0.25) is 0 Å². The van der Waals surface area contributed by atoms with Crippen molar-refractivity contribution in [2.45, 2.75) is 32.4 Å². The second-order valence-electron chi connectivity index (χ2n) is 4.38. The molecule has 96 valence electrons. The fraction of sp³-hybridized carbons (Fsp3) is 0.333. The highest BCUT2D eigenvalue weighted by Crippen LogP contribution is 2.22. The fourth-order valence-electron chi connectivity index (χ4n) is 1.95. The lowest BCUT2D eigenvalue weighted by atomic mass is 10.0. The molecule has 18 heavy (non-hydrogen) atoms. The Morgan fingerprint density at radius 1 is 1.17 bits per heavy atom. The van der Waals surface area contributed by atoms with Crippen LogP contribution in [0.15, 0.2) is 46.3 Å². The topological polar surface area (TPSA) is 12.0 Å². The van der Waals surface area contributed by atoms with Gasteiger partial charge < -0.3 is 5.32 Å². The van der Waals surface area contributed by atoms with E-state index >= 15 is 0 Å². The van der Waals surface area contributed by atoms with Crippen molar-refractivity contribution in [2.75, 3.05) is 0 Å². The van der Waals surface area contributed by atoms with Crippen LogP contribution in [0.3, 0.4) is 0 Å². The van der Waals surface area contributed by atoms with Crippen molar-refractivity contribution in [1.82, 2.24) is 5.32 Å². The second-order valence-corrected chi connectivity index (χ2v) is 6.93. The lowest BCUT2D eigenvalue weighted by Gasteiger charge is -2.16. The van der Waals surface area contributed by atoms with Gasteiger partial charge in [-0.15, -0.1) is 11.3 Å². The summed E-state index contributed by atoms with van der Waals surface area (Å²) in [6, 6.07) is 15.5. The molecule has 1 N–H and O–H groups in total. The number of thiophene rings is 1. The van der Waals surface area contributed by atoms with Gasteiger partial charge in [-0.25, -0.2) is 0 Å². The third-order valence-electron chi connectivity index (χ3n) is 3.01. The molecule has 0 aliphatic rings. The monoisotopic (exact) mass is 323 g/mol. The molecule has 1 aromatic heterocycles. The van der Waals surface area contributed by atoms with Gasteiger partial charge in [-0.2, -0.15) is 0 Å². The average Bonchev–Trinajstić information content (AvgIpc) is 2.81. The maximum absolute atomic E-state index is 3.64. The van der Waals surface area contributed by atoms with E-state index in [-0.39, 0.29) is 0 Å².